The van der Waals surface area contributed by atoms with E-state index in [4.69, 9.17) is 4.74 Å². The molecule has 198 valence electrons. The van der Waals surface area contributed by atoms with Gasteiger partial charge in [0.1, 0.15) is 5.75 Å². The van der Waals surface area contributed by atoms with Crippen molar-refractivity contribution in [3.63, 3.8) is 0 Å². The van der Waals surface area contributed by atoms with Gasteiger partial charge in [0.05, 0.1) is 17.4 Å². The summed E-state index contributed by atoms with van der Waals surface area (Å²) in [5.74, 6) is -0.145. The molecular weight excluding hydrogens is 517 g/mol. The third-order valence-electron chi connectivity index (χ3n) is 7.11. The Morgan fingerprint density at radius 1 is 1.08 bits per heavy atom. The molecule has 0 radical (unpaired) electrons. The third kappa shape index (κ3) is 6.42. The second kappa shape index (κ2) is 12.2. The molecule has 1 heterocycles. The van der Waals surface area contributed by atoms with Crippen LogP contribution in [0.15, 0.2) is 47.4 Å². The number of rotatable bonds is 7. The maximum Gasteiger partial charge on any atom is 1.00 e. The van der Waals surface area contributed by atoms with E-state index in [1.807, 2.05) is 4.72 Å². The first-order chi connectivity index (χ1) is 17.5. The van der Waals surface area contributed by atoms with E-state index in [9.17, 15) is 22.8 Å². The standard InChI is InChI=1S/C27H33N3O6S.Na/c1-27(2)23-14-11-20(36-3)17-22(23)24(31)30(25(27)32)16-15-18-9-12-21(13-10-18)37(34,35)29-26(33)28-19-7-5-4-6-8-19;/h9-14,17,19H,4-8,15-16H2,1-3H3,(H2,28,29,33);/q;+1/p-1. The van der Waals surface area contributed by atoms with Crippen LogP contribution < -0.4 is 39.0 Å². The number of methoxy groups -OCH3 is 1. The fourth-order valence-corrected chi connectivity index (χ4v) is 5.81. The number of amides is 4. The molecule has 0 bridgehead atoms. The average molecular weight is 550 g/mol. The van der Waals surface area contributed by atoms with Gasteiger partial charge in [-0.05, 0) is 61.7 Å². The number of hydrogen-bond donors (Lipinski definition) is 1. The number of ether oxygens (including phenoxy) is 1. The average Bonchev–Trinajstić information content (AvgIpc) is 2.88. The first-order valence-corrected chi connectivity index (χ1v) is 13.9. The Bertz CT molecular complexity index is 1300. The van der Waals surface area contributed by atoms with Crippen LogP contribution >= 0.6 is 0 Å². The molecule has 2 aromatic carbocycles. The van der Waals surface area contributed by atoms with Crippen molar-refractivity contribution in [1.82, 2.24) is 9.62 Å². The van der Waals surface area contributed by atoms with Crippen LogP contribution in [0.2, 0.25) is 0 Å². The van der Waals surface area contributed by atoms with Crippen LogP contribution in [0.5, 0.6) is 5.75 Å². The van der Waals surface area contributed by atoms with Gasteiger partial charge in [-0.2, -0.15) is 0 Å². The van der Waals surface area contributed by atoms with E-state index >= 15 is 0 Å². The Morgan fingerprint density at radius 2 is 1.74 bits per heavy atom. The van der Waals surface area contributed by atoms with Gasteiger partial charge in [-0.3, -0.25) is 19.3 Å². The van der Waals surface area contributed by atoms with Crippen molar-refractivity contribution < 1.29 is 57.1 Å². The molecule has 11 heteroatoms. The molecule has 0 unspecified atom stereocenters. The largest absolute Gasteiger partial charge is 1.00 e. The molecule has 1 fully saturated rings. The molecule has 1 aliphatic heterocycles. The third-order valence-corrected chi connectivity index (χ3v) is 8.45. The molecule has 0 atom stereocenters. The summed E-state index contributed by atoms with van der Waals surface area (Å²) in [6.45, 7) is 3.71. The van der Waals surface area contributed by atoms with Crippen LogP contribution in [-0.2, 0) is 26.7 Å². The van der Waals surface area contributed by atoms with Crippen molar-refractivity contribution in [2.75, 3.05) is 13.7 Å². The van der Waals surface area contributed by atoms with Crippen molar-refractivity contribution in [2.45, 2.75) is 68.7 Å². The van der Waals surface area contributed by atoms with E-state index in [0.29, 0.717) is 23.3 Å². The zero-order valence-electron chi connectivity index (χ0n) is 22.3. The fourth-order valence-electron chi connectivity index (χ4n) is 4.92. The van der Waals surface area contributed by atoms with E-state index in [1.165, 1.54) is 24.1 Å². The van der Waals surface area contributed by atoms with E-state index in [-0.39, 0.29) is 58.9 Å². The number of sulfonamides is 1. The smallest absolute Gasteiger partial charge is 0.497 e. The molecule has 0 aromatic heterocycles. The quantitative estimate of drug-likeness (QED) is 0.410. The predicted octanol–water partition coefficient (Wildman–Crippen LogP) is 1.31. The van der Waals surface area contributed by atoms with Gasteiger partial charge in [0.25, 0.3) is 5.91 Å². The monoisotopic (exact) mass is 549 g/mol. The summed E-state index contributed by atoms with van der Waals surface area (Å²) in [6, 6.07) is 10.2. The predicted molar refractivity (Wildman–Crippen MR) is 138 cm³/mol. The molecule has 4 amide bonds. The number of fused-ring (bicyclic) bond motifs is 1. The summed E-state index contributed by atoms with van der Waals surface area (Å²) < 4.78 is 32.5. The number of hydrogen-bond acceptors (Lipinski definition) is 6. The minimum atomic E-state index is -4.06. The molecule has 2 aliphatic rings. The molecule has 4 rings (SSSR count). The van der Waals surface area contributed by atoms with Gasteiger partial charge in [-0.15, -0.1) is 0 Å². The zero-order valence-corrected chi connectivity index (χ0v) is 25.1. The number of carbonyl (C=O) groups excluding carboxylic acids is 3. The molecule has 2 aromatic rings. The first kappa shape index (κ1) is 30.1. The maximum atomic E-state index is 13.2. The summed E-state index contributed by atoms with van der Waals surface area (Å²) in [6.07, 6.45) is 5.01. The molecule has 0 saturated heterocycles. The van der Waals surface area contributed by atoms with Crippen molar-refractivity contribution >= 4 is 27.9 Å². The van der Waals surface area contributed by atoms with Gasteiger partial charge in [-0.25, -0.2) is 8.42 Å². The van der Waals surface area contributed by atoms with Crippen LogP contribution in [0.4, 0.5) is 4.79 Å². The van der Waals surface area contributed by atoms with E-state index in [1.54, 1.807) is 44.2 Å². The van der Waals surface area contributed by atoms with Crippen molar-refractivity contribution in [3.05, 3.63) is 64.5 Å². The Morgan fingerprint density at radius 3 is 2.37 bits per heavy atom. The van der Waals surface area contributed by atoms with Gasteiger partial charge in [0, 0.05) is 12.1 Å². The minimum Gasteiger partial charge on any atom is -0.497 e. The Kier molecular flexibility index (Phi) is 9.67. The Hall–Kier alpha value is -2.40. The SMILES string of the molecule is COc1ccc2c(c1)C(=O)N(CCc1ccc(S(=O)(=O)NC(=O)[N-]C3CCCCC3)cc1)C(=O)C2(C)C.[Na+]. The van der Waals surface area contributed by atoms with Crippen LogP contribution in [-0.4, -0.2) is 50.9 Å². The number of nitrogens with one attached hydrogen (secondary N) is 1. The molecule has 1 aliphatic carbocycles. The topological polar surface area (TPSA) is 124 Å². The molecule has 38 heavy (non-hydrogen) atoms. The number of nitrogens with zero attached hydrogens (tertiary/aromatic N) is 2. The summed E-state index contributed by atoms with van der Waals surface area (Å²) in [7, 11) is -2.54. The number of imide groups is 1. The Labute approximate surface area is 246 Å². The van der Waals surface area contributed by atoms with Crippen LogP contribution in [0.25, 0.3) is 5.32 Å². The fraction of sp³-hybridized carbons (Fsp3) is 0.444. The van der Waals surface area contributed by atoms with E-state index in [0.717, 1.165) is 37.7 Å². The van der Waals surface area contributed by atoms with Crippen LogP contribution in [0.3, 0.4) is 0 Å². The zero-order chi connectivity index (χ0) is 26.8. The first-order valence-electron chi connectivity index (χ1n) is 12.4. The van der Waals surface area contributed by atoms with Gasteiger partial charge in [0.2, 0.25) is 15.9 Å². The number of carbonyl (C=O) groups is 3. The summed E-state index contributed by atoms with van der Waals surface area (Å²) in [4.78, 5) is 39.7. The van der Waals surface area contributed by atoms with Gasteiger partial charge < -0.3 is 14.8 Å². The summed E-state index contributed by atoms with van der Waals surface area (Å²) in [5.41, 5.74) is 0.951. The van der Waals surface area contributed by atoms with Crippen LogP contribution in [0, 0.1) is 0 Å². The summed E-state index contributed by atoms with van der Waals surface area (Å²) >= 11 is 0. The van der Waals surface area contributed by atoms with Crippen molar-refractivity contribution in [1.29, 1.82) is 0 Å². The molecule has 1 N–H and O–H groups in total. The maximum absolute atomic E-state index is 13.2. The van der Waals surface area contributed by atoms with Gasteiger partial charge >= 0.3 is 29.6 Å². The molecule has 0 spiro atoms. The van der Waals surface area contributed by atoms with Gasteiger partial charge in [0.15, 0.2) is 6.03 Å². The molecular formula is C27H32N3NaO6S. The normalized spacial score (nSPS) is 17.3. The molecule has 1 saturated carbocycles. The second-order valence-electron chi connectivity index (χ2n) is 10.0. The van der Waals surface area contributed by atoms with Crippen molar-refractivity contribution in [2.24, 2.45) is 0 Å². The van der Waals surface area contributed by atoms with Gasteiger partial charge in [-0.1, -0.05) is 50.3 Å². The van der Waals surface area contributed by atoms with Crippen LogP contribution in [0.1, 0.15) is 67.4 Å². The van der Waals surface area contributed by atoms with Crippen molar-refractivity contribution in [3.8, 4) is 5.75 Å². The molecule has 9 nitrogen and oxygen atoms in total. The number of benzene rings is 2. The number of urea groups is 1. The minimum absolute atomic E-state index is 0. The Balaban J connectivity index is 0.00000400. The second-order valence-corrected chi connectivity index (χ2v) is 11.7. The van der Waals surface area contributed by atoms with E-state index < -0.39 is 21.5 Å². The van der Waals surface area contributed by atoms with E-state index in [2.05, 4.69) is 5.32 Å². The summed E-state index contributed by atoms with van der Waals surface area (Å²) in [5, 5.41) is 3.99.